The Morgan fingerprint density at radius 3 is 2.68 bits per heavy atom. The normalized spacial score (nSPS) is 15.0. The minimum atomic E-state index is 0.0593. The van der Waals surface area contributed by atoms with Crippen molar-refractivity contribution in [2.45, 2.75) is 19.8 Å². The van der Waals surface area contributed by atoms with E-state index < -0.39 is 0 Å². The number of halogens is 1. The number of carbonyl (C=O) groups excluding carboxylic acids is 2. The molecule has 1 saturated heterocycles. The summed E-state index contributed by atoms with van der Waals surface area (Å²) in [6.45, 7) is 6.33. The predicted molar refractivity (Wildman–Crippen MR) is 101 cm³/mol. The van der Waals surface area contributed by atoms with Gasteiger partial charge in [0.15, 0.2) is 0 Å². The highest BCUT2D eigenvalue weighted by Gasteiger charge is 2.22. The van der Waals surface area contributed by atoms with Crippen molar-refractivity contribution in [3.8, 4) is 5.75 Å². The fraction of sp³-hybridized carbons (Fsp3) is 0.556. The number of hydrogen-bond donors (Lipinski definition) is 1. The SMILES string of the molecule is CCCNC(=O)CN1CCN(C(=O)CCOc2cccc(Br)c2)CC1. The molecular weight excluding hydrogens is 386 g/mol. The second-order valence-corrected chi connectivity index (χ2v) is 6.98. The topological polar surface area (TPSA) is 61.9 Å². The van der Waals surface area contributed by atoms with Crippen LogP contribution in [0.25, 0.3) is 0 Å². The highest BCUT2D eigenvalue weighted by molar-refractivity contribution is 9.10. The molecule has 0 spiro atoms. The summed E-state index contributed by atoms with van der Waals surface area (Å²) in [5.41, 5.74) is 0. The van der Waals surface area contributed by atoms with Crippen LogP contribution in [0.4, 0.5) is 0 Å². The Balaban J connectivity index is 1.64. The largest absolute Gasteiger partial charge is 0.493 e. The van der Waals surface area contributed by atoms with E-state index in [2.05, 4.69) is 26.1 Å². The molecular formula is C18H26BrN3O3. The quantitative estimate of drug-likeness (QED) is 0.709. The van der Waals surface area contributed by atoms with Crippen LogP contribution in [0.1, 0.15) is 19.8 Å². The molecule has 0 radical (unpaired) electrons. The third-order valence-corrected chi connectivity index (χ3v) is 4.54. The standard InChI is InChI=1S/C18H26BrN3O3/c1-2-7-20-17(23)14-21-8-10-22(11-9-21)18(24)6-12-25-16-5-3-4-15(19)13-16/h3-5,13H,2,6-12,14H2,1H3,(H,20,23). The molecule has 6 nitrogen and oxygen atoms in total. The van der Waals surface area contributed by atoms with Gasteiger partial charge in [-0.3, -0.25) is 14.5 Å². The third kappa shape index (κ3) is 7.04. The van der Waals surface area contributed by atoms with Crippen LogP contribution in [-0.2, 0) is 9.59 Å². The number of rotatable bonds is 8. The molecule has 1 aliphatic rings. The zero-order valence-corrected chi connectivity index (χ0v) is 16.3. The second-order valence-electron chi connectivity index (χ2n) is 6.06. The molecule has 1 heterocycles. The molecule has 1 aliphatic heterocycles. The van der Waals surface area contributed by atoms with E-state index >= 15 is 0 Å². The van der Waals surface area contributed by atoms with E-state index in [1.807, 2.05) is 36.1 Å². The molecule has 0 unspecified atom stereocenters. The highest BCUT2D eigenvalue weighted by Crippen LogP contribution is 2.17. The van der Waals surface area contributed by atoms with Gasteiger partial charge < -0.3 is 15.0 Å². The zero-order chi connectivity index (χ0) is 18.1. The minimum absolute atomic E-state index is 0.0593. The summed E-state index contributed by atoms with van der Waals surface area (Å²) in [6, 6.07) is 7.58. The highest BCUT2D eigenvalue weighted by atomic mass is 79.9. The zero-order valence-electron chi connectivity index (χ0n) is 14.7. The summed E-state index contributed by atoms with van der Waals surface area (Å²) in [6.07, 6.45) is 1.31. The van der Waals surface area contributed by atoms with Gasteiger partial charge >= 0.3 is 0 Å². The smallest absolute Gasteiger partial charge is 0.234 e. The number of nitrogens with zero attached hydrogens (tertiary/aromatic N) is 2. The van der Waals surface area contributed by atoms with Crippen LogP contribution in [0.15, 0.2) is 28.7 Å². The van der Waals surface area contributed by atoms with E-state index in [4.69, 9.17) is 4.74 Å². The van der Waals surface area contributed by atoms with Gasteiger partial charge in [-0.2, -0.15) is 0 Å². The van der Waals surface area contributed by atoms with Gasteiger partial charge in [0.2, 0.25) is 11.8 Å². The predicted octanol–water partition coefficient (Wildman–Crippen LogP) is 1.89. The van der Waals surface area contributed by atoms with E-state index in [1.54, 1.807) is 0 Å². The van der Waals surface area contributed by atoms with Gasteiger partial charge in [-0.25, -0.2) is 0 Å². The van der Waals surface area contributed by atoms with Crippen LogP contribution in [0.2, 0.25) is 0 Å². The van der Waals surface area contributed by atoms with Gasteiger partial charge in [-0.15, -0.1) is 0 Å². The van der Waals surface area contributed by atoms with E-state index in [1.165, 1.54) is 0 Å². The molecule has 1 aromatic rings. The number of amides is 2. The average molecular weight is 412 g/mol. The Kier molecular flexibility index (Phi) is 8.21. The lowest BCUT2D eigenvalue weighted by molar-refractivity contribution is -0.133. The lowest BCUT2D eigenvalue weighted by Crippen LogP contribution is -2.51. The summed E-state index contributed by atoms with van der Waals surface area (Å²) in [7, 11) is 0. The number of benzene rings is 1. The molecule has 138 valence electrons. The fourth-order valence-corrected chi connectivity index (χ4v) is 3.03. The molecule has 0 aliphatic carbocycles. The van der Waals surface area contributed by atoms with Crippen molar-refractivity contribution in [2.75, 3.05) is 45.9 Å². The maximum atomic E-state index is 12.3. The van der Waals surface area contributed by atoms with Gasteiger partial charge in [-0.05, 0) is 24.6 Å². The Morgan fingerprint density at radius 1 is 1.24 bits per heavy atom. The first-order valence-corrected chi connectivity index (χ1v) is 9.53. The summed E-state index contributed by atoms with van der Waals surface area (Å²) >= 11 is 3.39. The van der Waals surface area contributed by atoms with E-state index in [9.17, 15) is 9.59 Å². The Bertz CT molecular complexity index is 574. The molecule has 0 bridgehead atoms. The Labute approximate surface area is 157 Å². The van der Waals surface area contributed by atoms with Gasteiger partial charge in [0.25, 0.3) is 0 Å². The van der Waals surface area contributed by atoms with Crippen LogP contribution in [-0.4, -0.2) is 67.5 Å². The average Bonchev–Trinajstić information content (AvgIpc) is 2.60. The van der Waals surface area contributed by atoms with Crippen LogP contribution in [0.5, 0.6) is 5.75 Å². The van der Waals surface area contributed by atoms with Gasteiger partial charge in [0.05, 0.1) is 19.6 Å². The second kappa shape index (κ2) is 10.4. The summed E-state index contributed by atoms with van der Waals surface area (Å²) in [5, 5.41) is 2.88. The molecule has 25 heavy (non-hydrogen) atoms. The first-order valence-electron chi connectivity index (χ1n) is 8.73. The van der Waals surface area contributed by atoms with Crippen LogP contribution >= 0.6 is 15.9 Å². The Morgan fingerprint density at radius 2 is 2.00 bits per heavy atom. The summed E-state index contributed by atoms with van der Waals surface area (Å²) < 4.78 is 6.57. The van der Waals surface area contributed by atoms with Crippen molar-refractivity contribution in [1.82, 2.24) is 15.1 Å². The fourth-order valence-electron chi connectivity index (χ4n) is 2.65. The van der Waals surface area contributed by atoms with Crippen molar-refractivity contribution in [2.24, 2.45) is 0 Å². The number of nitrogens with one attached hydrogen (secondary N) is 1. The van der Waals surface area contributed by atoms with Gasteiger partial charge in [-0.1, -0.05) is 28.9 Å². The van der Waals surface area contributed by atoms with Crippen molar-refractivity contribution >= 4 is 27.7 Å². The lowest BCUT2D eigenvalue weighted by Gasteiger charge is -2.34. The first-order chi connectivity index (χ1) is 12.1. The first kappa shape index (κ1) is 19.7. The van der Waals surface area contributed by atoms with E-state index in [0.29, 0.717) is 32.7 Å². The van der Waals surface area contributed by atoms with E-state index in [-0.39, 0.29) is 11.8 Å². The van der Waals surface area contributed by atoms with Crippen LogP contribution < -0.4 is 10.1 Å². The molecule has 2 rings (SSSR count). The third-order valence-electron chi connectivity index (χ3n) is 4.05. The number of carbonyl (C=O) groups is 2. The van der Waals surface area contributed by atoms with Gasteiger partial charge in [0.1, 0.15) is 5.75 Å². The number of hydrogen-bond acceptors (Lipinski definition) is 4. The minimum Gasteiger partial charge on any atom is -0.493 e. The molecule has 1 N–H and O–H groups in total. The summed E-state index contributed by atoms with van der Waals surface area (Å²) in [5.74, 6) is 0.916. The molecule has 1 fully saturated rings. The molecule has 0 atom stereocenters. The lowest BCUT2D eigenvalue weighted by atomic mass is 10.2. The molecule has 0 aromatic heterocycles. The Hall–Kier alpha value is -1.60. The monoisotopic (exact) mass is 411 g/mol. The summed E-state index contributed by atoms with van der Waals surface area (Å²) in [4.78, 5) is 27.9. The number of piperazine rings is 1. The molecule has 0 saturated carbocycles. The van der Waals surface area contributed by atoms with Crippen LogP contribution in [0, 0.1) is 0 Å². The molecule has 1 aromatic carbocycles. The van der Waals surface area contributed by atoms with E-state index in [0.717, 1.165) is 36.3 Å². The van der Waals surface area contributed by atoms with Crippen molar-refractivity contribution in [1.29, 1.82) is 0 Å². The maximum Gasteiger partial charge on any atom is 0.234 e. The van der Waals surface area contributed by atoms with Gasteiger partial charge in [0, 0.05) is 37.2 Å². The maximum absolute atomic E-state index is 12.3. The van der Waals surface area contributed by atoms with Crippen molar-refractivity contribution in [3.05, 3.63) is 28.7 Å². The van der Waals surface area contributed by atoms with Crippen molar-refractivity contribution < 1.29 is 14.3 Å². The number of ether oxygens (including phenoxy) is 1. The molecule has 7 heteroatoms. The van der Waals surface area contributed by atoms with Crippen molar-refractivity contribution in [3.63, 3.8) is 0 Å². The van der Waals surface area contributed by atoms with Crippen LogP contribution in [0.3, 0.4) is 0 Å². The molecule has 2 amide bonds.